The Morgan fingerprint density at radius 1 is 0.223 bits per heavy atom. The Labute approximate surface area is 684 Å². The van der Waals surface area contributed by atoms with E-state index < -0.39 is 379 Å². The second-order valence-electron chi connectivity index (χ2n) is 30.2. The largest absolute Gasteiger partial charge is 0.394 e. The molecule has 0 aromatic rings. The second-order valence-corrected chi connectivity index (χ2v) is 30.2. The van der Waals surface area contributed by atoms with Crippen molar-refractivity contribution in [2.75, 3.05) is 92.3 Å². The monoisotopic (exact) mass is 1780 g/mol. The molecule has 10 rings (SSSR count). The molecule has 0 aromatic carbocycles. The molecule has 2 amide bonds. The number of rotatable bonds is 35. The minimum Gasteiger partial charge on any atom is -0.394 e. The Balaban J connectivity index is 0.878. The number of aliphatic hydroxyl groups is 31. The number of hydrogen-bond acceptors (Lipinski definition) is 53. The van der Waals surface area contributed by atoms with Crippen molar-refractivity contribution in [1.29, 1.82) is 0 Å². The van der Waals surface area contributed by atoms with Crippen molar-refractivity contribution in [2.45, 2.75) is 313 Å². The summed E-state index contributed by atoms with van der Waals surface area (Å²) in [5.74, 6) is 0. The first-order chi connectivity index (χ1) is 57.6. The van der Waals surface area contributed by atoms with Crippen LogP contribution in [-0.2, 0) is 94.7 Å². The van der Waals surface area contributed by atoms with E-state index in [2.05, 4.69) is 10.6 Å². The second kappa shape index (κ2) is 45.2. The molecule has 121 heavy (non-hydrogen) atoms. The zero-order valence-electron chi connectivity index (χ0n) is 64.0. The SMILES string of the molecule is NCCCNC(=O)NCCO[C@H]1OC(CO)[C@@H](O)[C@H](O[C@H]2OC(CO)[C@@H](O)[C@H](O[C@H]3OC(CO)[C@@H](O)[C@H](O)C3O[C@H]3OC(CO)[C@@H](O)[C@H](O)C3O[C@H]3OC(CO)[C@@H](O)[C@H](O)C3O[C@H]3OC(CO)[C@@H](O)[C@H](O[C@H]4OC(CO)[C@@H](O)[C@H](O[C@H]5OC(CO)[C@@H](O)[C@H](O)C5O[C@H]5OC(CO)[C@@H](O)[C@H](O)C5O[C@H]5OC(CO)[C@@H](O)[C@H](O)C5O)C4O)C3O)C2O)C1O. The van der Waals surface area contributed by atoms with Gasteiger partial charge in [-0.3, -0.25) is 0 Å². The quantitative estimate of drug-likeness (QED) is 0.0262. The molecule has 10 fully saturated rings. The van der Waals surface area contributed by atoms with Crippen LogP contribution in [0.25, 0.3) is 0 Å². The van der Waals surface area contributed by atoms with Crippen LogP contribution < -0.4 is 16.4 Å². The number of carbonyl (C=O) groups excluding carboxylic acids is 1. The third-order valence-electron chi connectivity index (χ3n) is 22.2. The normalized spacial score (nSPS) is 50.2. The molecule has 35 N–H and O–H groups in total. The molecule has 706 valence electrons. The predicted molar refractivity (Wildman–Crippen MR) is 368 cm³/mol. The van der Waals surface area contributed by atoms with Crippen molar-refractivity contribution in [3.63, 3.8) is 0 Å². The summed E-state index contributed by atoms with van der Waals surface area (Å²) in [4.78, 5) is 12.2. The highest BCUT2D eigenvalue weighted by Crippen LogP contribution is 2.42. The van der Waals surface area contributed by atoms with Gasteiger partial charge in [0, 0.05) is 13.1 Å². The van der Waals surface area contributed by atoms with Gasteiger partial charge in [0.1, 0.15) is 244 Å². The molecule has 10 aliphatic heterocycles. The Kier molecular flexibility index (Phi) is 37.4. The molecular formula is C66H115N3O52. The Morgan fingerprint density at radius 2 is 0.413 bits per heavy atom. The summed E-state index contributed by atoms with van der Waals surface area (Å²) >= 11 is 0. The molecular weight excluding hydrogens is 1670 g/mol. The van der Waals surface area contributed by atoms with E-state index in [-0.39, 0.29) is 19.7 Å². The van der Waals surface area contributed by atoms with Crippen molar-refractivity contribution in [2.24, 2.45) is 5.73 Å². The standard InChI is InChI=1S/C66H115N3O52/c67-2-1-3-68-66(101)69-4-5-102-56-43(97)47(32(86)22(12-76)103-56)113-58-45(99)49(34(88)24(14-78)105-58)115-62-54(40(94)30(84)18(8-72)109-62)120-65-55(41(95)31(85)21(11-75)112-65)121-64-52(38(92)28(82)20(10-74)111-64)118-60-44(98)48(33(87)23(13-77)107-60)114-59-46(100)50(35(89)25(15-79)106-59)116-61-53(39(93)29(83)17(7-71)108-61)119-63-51(37(91)27(81)19(9-73)110-63)117-57-42(96)36(90)26(80)16(6-70)104-57/h16-65,70-100H,1-15,67H2,(H2,68,69,101)/t16?,17?,18?,19?,20?,21?,22?,23?,24?,25?,26-,27-,28-,29-,30-,31-,32-,33-,34-,35-,36+,37+,38+,39+,40+,41+,42?,43?,44?,45?,46?,47+,48+,49+,50+,51?,52?,53?,54?,55?,56+,57-,58-,59-,60-,61-,62-,63-,64-,65-/m1/s1. The summed E-state index contributed by atoms with van der Waals surface area (Å²) in [6, 6.07) is -0.610. The van der Waals surface area contributed by atoms with Crippen molar-refractivity contribution in [3.05, 3.63) is 0 Å². The van der Waals surface area contributed by atoms with Crippen LogP contribution in [0.4, 0.5) is 4.79 Å². The third kappa shape index (κ3) is 22.1. The van der Waals surface area contributed by atoms with E-state index in [0.29, 0.717) is 13.0 Å². The van der Waals surface area contributed by atoms with Crippen LogP contribution in [0.2, 0.25) is 0 Å². The van der Waals surface area contributed by atoms with Crippen LogP contribution in [0.1, 0.15) is 6.42 Å². The zero-order valence-corrected chi connectivity index (χ0v) is 64.0. The lowest BCUT2D eigenvalue weighted by Crippen LogP contribution is -2.69. The Morgan fingerprint density at radius 3 is 0.669 bits per heavy atom. The number of hydrogen-bond donors (Lipinski definition) is 34. The van der Waals surface area contributed by atoms with Gasteiger partial charge in [-0.15, -0.1) is 0 Å². The summed E-state index contributed by atoms with van der Waals surface area (Å²) < 4.78 is 116. The topological polar surface area (TPSA) is 879 Å². The smallest absolute Gasteiger partial charge is 0.314 e. The Bertz CT molecular complexity index is 3060. The fraction of sp³-hybridized carbons (Fsp3) is 0.985. The number of nitrogens with one attached hydrogen (secondary N) is 2. The number of carbonyl (C=O) groups is 1. The van der Waals surface area contributed by atoms with Gasteiger partial charge >= 0.3 is 6.03 Å². The highest BCUT2D eigenvalue weighted by atomic mass is 16.8. The van der Waals surface area contributed by atoms with E-state index in [9.17, 15) is 163 Å². The van der Waals surface area contributed by atoms with E-state index in [4.69, 9.17) is 100 Å². The fourth-order valence-electron chi connectivity index (χ4n) is 15.2. The summed E-state index contributed by atoms with van der Waals surface area (Å²) in [6.45, 7) is -11.3. The number of nitrogens with two attached hydrogens (primary N) is 1. The number of amides is 2. The van der Waals surface area contributed by atoms with Gasteiger partial charge in [0.15, 0.2) is 62.9 Å². The number of ether oxygens (including phenoxy) is 20. The minimum absolute atomic E-state index is 0.185. The van der Waals surface area contributed by atoms with Crippen LogP contribution in [0.3, 0.4) is 0 Å². The predicted octanol–water partition coefficient (Wildman–Crippen LogP) is -23.1. The van der Waals surface area contributed by atoms with Gasteiger partial charge in [0.05, 0.1) is 72.7 Å². The average Bonchev–Trinajstić information content (AvgIpc) is 0.765. The molecule has 20 unspecified atom stereocenters. The molecule has 0 aliphatic carbocycles. The summed E-state index contributed by atoms with van der Waals surface area (Å²) in [5.41, 5.74) is 5.45. The van der Waals surface area contributed by atoms with Crippen LogP contribution >= 0.6 is 0 Å². The van der Waals surface area contributed by atoms with E-state index in [1.807, 2.05) is 0 Å². The van der Waals surface area contributed by atoms with Gasteiger partial charge < -0.3 is 269 Å². The van der Waals surface area contributed by atoms with Gasteiger partial charge in [-0.05, 0) is 13.0 Å². The lowest BCUT2D eigenvalue weighted by atomic mass is 9.95. The molecule has 0 bridgehead atoms. The van der Waals surface area contributed by atoms with Crippen molar-refractivity contribution >= 4 is 6.03 Å². The average molecular weight is 1780 g/mol. The van der Waals surface area contributed by atoms with Crippen LogP contribution in [0.15, 0.2) is 0 Å². The van der Waals surface area contributed by atoms with Gasteiger partial charge in [-0.1, -0.05) is 0 Å². The molecule has 0 spiro atoms. The van der Waals surface area contributed by atoms with Crippen LogP contribution in [0, 0.1) is 0 Å². The number of urea groups is 1. The van der Waals surface area contributed by atoms with Gasteiger partial charge in [-0.2, -0.15) is 0 Å². The van der Waals surface area contributed by atoms with Gasteiger partial charge in [0.25, 0.3) is 0 Å². The molecule has 55 nitrogen and oxygen atoms in total. The van der Waals surface area contributed by atoms with Crippen molar-refractivity contribution in [1.82, 2.24) is 10.6 Å². The van der Waals surface area contributed by atoms with Crippen LogP contribution in [0.5, 0.6) is 0 Å². The highest BCUT2D eigenvalue weighted by Gasteiger charge is 2.62. The maximum absolute atomic E-state index is 12.2. The van der Waals surface area contributed by atoms with Crippen molar-refractivity contribution < 1.29 is 258 Å². The van der Waals surface area contributed by atoms with E-state index in [1.54, 1.807) is 0 Å². The fourth-order valence-corrected chi connectivity index (χ4v) is 15.2. The van der Waals surface area contributed by atoms with E-state index in [1.165, 1.54) is 0 Å². The molecule has 10 aliphatic rings. The molecule has 0 radical (unpaired) electrons. The zero-order chi connectivity index (χ0) is 88.6. The lowest BCUT2D eigenvalue weighted by Gasteiger charge is -2.51. The third-order valence-corrected chi connectivity index (χ3v) is 22.2. The van der Waals surface area contributed by atoms with Gasteiger partial charge in [0.2, 0.25) is 0 Å². The molecule has 55 heteroatoms. The number of aliphatic hydroxyl groups excluding tert-OH is 31. The maximum Gasteiger partial charge on any atom is 0.314 e. The maximum atomic E-state index is 12.2. The Hall–Kier alpha value is -2.81. The lowest BCUT2D eigenvalue weighted by molar-refractivity contribution is -0.417. The molecule has 50 atom stereocenters. The first-order valence-corrected chi connectivity index (χ1v) is 38.8. The van der Waals surface area contributed by atoms with Crippen LogP contribution in [-0.4, -0.2) is 564 Å². The first-order valence-electron chi connectivity index (χ1n) is 38.8. The highest BCUT2D eigenvalue weighted by molar-refractivity contribution is 5.73. The molecule has 10 saturated heterocycles. The molecule has 10 heterocycles. The van der Waals surface area contributed by atoms with Gasteiger partial charge in [-0.25, -0.2) is 4.79 Å². The summed E-state index contributed by atoms with van der Waals surface area (Å²) in [5, 5.41) is 350. The molecule has 0 aromatic heterocycles. The minimum atomic E-state index is -2.56. The van der Waals surface area contributed by atoms with Crippen molar-refractivity contribution in [3.8, 4) is 0 Å². The summed E-state index contributed by atoms with van der Waals surface area (Å²) in [6.07, 6.45) is -109. The summed E-state index contributed by atoms with van der Waals surface area (Å²) in [7, 11) is 0. The van der Waals surface area contributed by atoms with E-state index in [0.717, 1.165) is 0 Å². The van der Waals surface area contributed by atoms with E-state index >= 15 is 0 Å². The first kappa shape index (κ1) is 100. The molecule has 0 saturated carbocycles.